The molecule has 0 unspecified atom stereocenters. The van der Waals surface area contributed by atoms with Crippen LogP contribution >= 0.6 is 0 Å². The Bertz CT molecular complexity index is 796. The molecule has 3 atom stereocenters. The molecule has 1 amide bonds. The number of hydrogen-bond donors (Lipinski definition) is 1. The quantitative estimate of drug-likeness (QED) is 0.876. The number of benzene rings is 1. The summed E-state index contributed by atoms with van der Waals surface area (Å²) < 4.78 is 1.57. The van der Waals surface area contributed by atoms with Crippen LogP contribution in [0.3, 0.4) is 0 Å². The van der Waals surface area contributed by atoms with Crippen LogP contribution in [0.25, 0.3) is 5.69 Å². The van der Waals surface area contributed by atoms with Crippen LogP contribution < -0.4 is 5.32 Å². The number of aryl methyl sites for hydroxylation is 1. The summed E-state index contributed by atoms with van der Waals surface area (Å²) in [6.45, 7) is 4.74. The van der Waals surface area contributed by atoms with Gasteiger partial charge < -0.3 is 5.32 Å². The molecule has 1 N–H and O–H groups in total. The van der Waals surface area contributed by atoms with Crippen LogP contribution in [0.4, 0.5) is 0 Å². The highest BCUT2D eigenvalue weighted by atomic mass is 16.1. The molecule has 6 nitrogen and oxygen atoms in total. The first-order chi connectivity index (χ1) is 11.6. The SMILES string of the molecule is Cc1ccc(C(=O)NC[C@@H]2C[C@H]3C=C[C@H]2C3)c(-n2cnnn2)c1C. The zero-order valence-electron chi connectivity index (χ0n) is 13.9. The Morgan fingerprint density at radius 2 is 2.17 bits per heavy atom. The third kappa shape index (κ3) is 2.52. The van der Waals surface area contributed by atoms with Gasteiger partial charge in [-0.3, -0.25) is 4.79 Å². The van der Waals surface area contributed by atoms with E-state index >= 15 is 0 Å². The van der Waals surface area contributed by atoms with Crippen molar-refractivity contribution in [2.45, 2.75) is 26.7 Å². The smallest absolute Gasteiger partial charge is 0.253 e. The second-order valence-corrected chi connectivity index (χ2v) is 6.91. The molecule has 0 spiro atoms. The number of carbonyl (C=O) groups is 1. The van der Waals surface area contributed by atoms with Crippen LogP contribution in [-0.4, -0.2) is 32.7 Å². The van der Waals surface area contributed by atoms with Crippen LogP contribution in [0.5, 0.6) is 0 Å². The number of nitrogens with one attached hydrogen (secondary N) is 1. The van der Waals surface area contributed by atoms with Gasteiger partial charge in [0.25, 0.3) is 5.91 Å². The number of allylic oxidation sites excluding steroid dienone is 2. The van der Waals surface area contributed by atoms with Crippen LogP contribution in [0.2, 0.25) is 0 Å². The van der Waals surface area contributed by atoms with Crippen molar-refractivity contribution in [2.24, 2.45) is 17.8 Å². The predicted octanol–water partition coefficient (Wildman–Crippen LogP) is 2.22. The molecule has 0 saturated heterocycles. The lowest BCUT2D eigenvalue weighted by molar-refractivity contribution is 0.0945. The maximum Gasteiger partial charge on any atom is 0.253 e. The molecular weight excluding hydrogens is 302 g/mol. The topological polar surface area (TPSA) is 72.7 Å². The van der Waals surface area contributed by atoms with Crippen molar-refractivity contribution in [2.75, 3.05) is 6.54 Å². The fraction of sp³-hybridized carbons (Fsp3) is 0.444. The third-order valence-corrected chi connectivity index (χ3v) is 5.47. The van der Waals surface area contributed by atoms with Crippen molar-refractivity contribution in [3.63, 3.8) is 0 Å². The van der Waals surface area contributed by atoms with Crippen molar-refractivity contribution in [3.8, 4) is 5.69 Å². The molecule has 2 aromatic rings. The highest BCUT2D eigenvalue weighted by Crippen LogP contribution is 2.43. The summed E-state index contributed by atoms with van der Waals surface area (Å²) in [5.74, 6) is 1.85. The molecule has 1 heterocycles. The lowest BCUT2D eigenvalue weighted by Gasteiger charge is -2.19. The summed E-state index contributed by atoms with van der Waals surface area (Å²) in [7, 11) is 0. The minimum Gasteiger partial charge on any atom is -0.352 e. The second kappa shape index (κ2) is 5.85. The van der Waals surface area contributed by atoms with Crippen molar-refractivity contribution in [1.82, 2.24) is 25.5 Å². The van der Waals surface area contributed by atoms with E-state index < -0.39 is 0 Å². The fourth-order valence-corrected chi connectivity index (χ4v) is 3.99. The maximum absolute atomic E-state index is 12.8. The summed E-state index contributed by atoms with van der Waals surface area (Å²) in [5, 5.41) is 14.5. The van der Waals surface area contributed by atoms with E-state index in [4.69, 9.17) is 0 Å². The van der Waals surface area contributed by atoms with Gasteiger partial charge in [0, 0.05) is 6.54 Å². The average Bonchev–Trinajstić information content (AvgIpc) is 3.32. The van der Waals surface area contributed by atoms with Gasteiger partial charge in [-0.05, 0) is 72.1 Å². The first-order valence-corrected chi connectivity index (χ1v) is 8.43. The number of amides is 1. The van der Waals surface area contributed by atoms with E-state index in [1.54, 1.807) is 4.68 Å². The Labute approximate surface area is 140 Å². The lowest BCUT2D eigenvalue weighted by Crippen LogP contribution is -2.31. The van der Waals surface area contributed by atoms with Crippen LogP contribution in [-0.2, 0) is 0 Å². The van der Waals surface area contributed by atoms with Gasteiger partial charge in [0.2, 0.25) is 0 Å². The molecule has 2 aliphatic rings. The number of fused-ring (bicyclic) bond motifs is 2. The van der Waals surface area contributed by atoms with Crippen molar-refractivity contribution in [1.29, 1.82) is 0 Å². The van der Waals surface area contributed by atoms with Gasteiger partial charge in [-0.1, -0.05) is 18.2 Å². The van der Waals surface area contributed by atoms with Crippen LogP contribution in [0.1, 0.15) is 34.3 Å². The molecule has 6 heteroatoms. The van der Waals surface area contributed by atoms with Crippen LogP contribution in [0, 0.1) is 31.6 Å². The van der Waals surface area contributed by atoms with E-state index in [1.165, 1.54) is 19.2 Å². The van der Waals surface area contributed by atoms with Gasteiger partial charge in [0.15, 0.2) is 0 Å². The zero-order valence-corrected chi connectivity index (χ0v) is 13.9. The molecule has 1 saturated carbocycles. The number of nitrogens with zero attached hydrogens (tertiary/aromatic N) is 4. The number of hydrogen-bond acceptors (Lipinski definition) is 4. The number of tetrazole rings is 1. The average molecular weight is 323 g/mol. The molecule has 4 rings (SSSR count). The molecular formula is C18H21N5O. The third-order valence-electron chi connectivity index (χ3n) is 5.47. The molecule has 124 valence electrons. The van der Waals surface area contributed by atoms with Gasteiger partial charge in [-0.15, -0.1) is 5.10 Å². The Morgan fingerprint density at radius 3 is 2.83 bits per heavy atom. The molecule has 1 aromatic carbocycles. The van der Waals surface area contributed by atoms with E-state index in [0.29, 0.717) is 17.4 Å². The summed E-state index contributed by atoms with van der Waals surface area (Å²) in [4.78, 5) is 12.8. The molecule has 1 aromatic heterocycles. The van der Waals surface area contributed by atoms with E-state index in [9.17, 15) is 4.79 Å². The minimum atomic E-state index is -0.0599. The Balaban J connectivity index is 1.56. The monoisotopic (exact) mass is 323 g/mol. The van der Waals surface area contributed by atoms with E-state index in [0.717, 1.165) is 29.3 Å². The summed E-state index contributed by atoms with van der Waals surface area (Å²) in [6, 6.07) is 3.83. The van der Waals surface area contributed by atoms with E-state index in [1.807, 2.05) is 26.0 Å². The Morgan fingerprint density at radius 1 is 1.29 bits per heavy atom. The minimum absolute atomic E-state index is 0.0599. The Hall–Kier alpha value is -2.50. The highest BCUT2D eigenvalue weighted by Gasteiger charge is 2.35. The molecule has 1 fully saturated rings. The largest absolute Gasteiger partial charge is 0.352 e. The highest BCUT2D eigenvalue weighted by molar-refractivity contribution is 5.98. The molecule has 2 aliphatic carbocycles. The first-order valence-electron chi connectivity index (χ1n) is 8.43. The van der Waals surface area contributed by atoms with Gasteiger partial charge in [0.1, 0.15) is 6.33 Å². The molecule has 0 radical (unpaired) electrons. The molecule has 24 heavy (non-hydrogen) atoms. The van der Waals surface area contributed by atoms with Crippen molar-refractivity contribution < 1.29 is 4.79 Å². The fourth-order valence-electron chi connectivity index (χ4n) is 3.99. The normalized spacial score (nSPS) is 24.5. The Kier molecular flexibility index (Phi) is 3.67. The number of rotatable bonds is 4. The van der Waals surface area contributed by atoms with Gasteiger partial charge in [-0.2, -0.15) is 4.68 Å². The van der Waals surface area contributed by atoms with Crippen LogP contribution in [0.15, 0.2) is 30.6 Å². The van der Waals surface area contributed by atoms with Gasteiger partial charge >= 0.3 is 0 Å². The standard InChI is InChI=1S/C18H21N5O/c1-11-3-6-16(17(12(11)2)23-10-20-21-22-23)18(24)19-9-15-8-13-4-5-14(15)7-13/h3-6,10,13-15H,7-9H2,1-2H3,(H,19,24)/t13-,14-,15-/m0/s1. The van der Waals surface area contributed by atoms with Crippen molar-refractivity contribution >= 4 is 5.91 Å². The number of carbonyl (C=O) groups excluding carboxylic acids is 1. The predicted molar refractivity (Wildman–Crippen MR) is 89.8 cm³/mol. The second-order valence-electron chi connectivity index (χ2n) is 6.91. The summed E-state index contributed by atoms with van der Waals surface area (Å²) in [6.07, 6.45) is 8.60. The molecule has 0 aliphatic heterocycles. The summed E-state index contributed by atoms with van der Waals surface area (Å²) >= 11 is 0. The summed E-state index contributed by atoms with van der Waals surface area (Å²) in [5.41, 5.74) is 3.49. The van der Waals surface area contributed by atoms with Gasteiger partial charge in [-0.25, -0.2) is 0 Å². The lowest BCUT2D eigenvalue weighted by atomic mass is 9.93. The maximum atomic E-state index is 12.8. The van der Waals surface area contributed by atoms with E-state index in [-0.39, 0.29) is 5.91 Å². The van der Waals surface area contributed by atoms with Crippen molar-refractivity contribution in [3.05, 3.63) is 47.3 Å². The number of aromatic nitrogens is 4. The zero-order chi connectivity index (χ0) is 16.7. The molecule has 2 bridgehead atoms. The van der Waals surface area contributed by atoms with Gasteiger partial charge in [0.05, 0.1) is 11.3 Å². The van der Waals surface area contributed by atoms with E-state index in [2.05, 4.69) is 33.0 Å². The first kappa shape index (κ1) is 15.1.